The van der Waals surface area contributed by atoms with Crippen molar-refractivity contribution < 1.29 is 41.9 Å². The zero-order chi connectivity index (χ0) is 42.3. The largest absolute Gasteiger partial charge is 0.497 e. The Morgan fingerprint density at radius 2 is 1.07 bits per heavy atom. The summed E-state index contributed by atoms with van der Waals surface area (Å²) < 4.78 is 53.7. The first-order chi connectivity index (χ1) is 26.0. The second kappa shape index (κ2) is 14.3. The number of rotatable bonds is 8. The summed E-state index contributed by atoms with van der Waals surface area (Å²) in [6, 6.07) is 17.3. The standard InChI is InChI=1S/C43H58B3FN2O8/c1-37(2,3)48-35(50)34(27-19-24-33(47)32(26-27)46-56-42(12,13)43(14,15)57-46)49(31-22-20-29(21-23-31)44-52-38(4,5)39(6,7)53-44)36(51)28-17-16-18-30(25-28)45-54-40(8,9)41(10,11)55-45/h16-26,34H,1-15H3,(H,48,50). The lowest BCUT2D eigenvalue weighted by atomic mass is 9.77. The third kappa shape index (κ3) is 8.23. The summed E-state index contributed by atoms with van der Waals surface area (Å²) in [5, 5.41) is 3.08. The summed E-state index contributed by atoms with van der Waals surface area (Å²) in [5.41, 5.74) is -1.93. The molecular formula is C43H58B3FN2O8. The van der Waals surface area contributed by atoms with Gasteiger partial charge in [-0.15, -0.1) is 0 Å². The van der Waals surface area contributed by atoms with Gasteiger partial charge in [0.15, 0.2) is 0 Å². The fraction of sp³-hybridized carbons (Fsp3) is 0.535. The molecule has 3 heterocycles. The fourth-order valence-electron chi connectivity index (χ4n) is 6.83. The Bertz CT molecular complexity index is 1980. The number of amides is 2. The van der Waals surface area contributed by atoms with Gasteiger partial charge in [0.25, 0.3) is 5.91 Å². The minimum atomic E-state index is -1.28. The van der Waals surface area contributed by atoms with E-state index >= 15 is 9.18 Å². The van der Waals surface area contributed by atoms with Gasteiger partial charge in [-0.2, -0.15) is 0 Å². The van der Waals surface area contributed by atoms with Gasteiger partial charge >= 0.3 is 21.4 Å². The molecular weight excluding hydrogens is 724 g/mol. The quantitative estimate of drug-likeness (QED) is 0.277. The Balaban J connectivity index is 1.49. The first kappa shape index (κ1) is 43.1. The van der Waals surface area contributed by atoms with E-state index in [1.807, 2.05) is 122 Å². The highest BCUT2D eigenvalue weighted by atomic mass is 19.1. The zero-order valence-corrected chi connectivity index (χ0v) is 36.3. The van der Waals surface area contributed by atoms with Gasteiger partial charge in [-0.25, -0.2) is 4.39 Å². The lowest BCUT2D eigenvalue weighted by Crippen LogP contribution is -2.50. The Kier molecular flexibility index (Phi) is 10.8. The van der Waals surface area contributed by atoms with Crippen LogP contribution < -0.4 is 26.6 Å². The molecule has 3 saturated heterocycles. The molecule has 3 aromatic carbocycles. The second-order valence-electron chi connectivity index (χ2n) is 19.6. The number of anilines is 1. The van der Waals surface area contributed by atoms with Crippen LogP contribution in [0.15, 0.2) is 66.7 Å². The number of hydrogen-bond acceptors (Lipinski definition) is 8. The predicted octanol–water partition coefficient (Wildman–Crippen LogP) is 6.03. The zero-order valence-electron chi connectivity index (χ0n) is 36.3. The second-order valence-corrected chi connectivity index (χ2v) is 19.6. The maximum atomic E-state index is 15.8. The number of halogens is 1. The van der Waals surface area contributed by atoms with E-state index in [-0.39, 0.29) is 5.46 Å². The molecule has 3 fully saturated rings. The van der Waals surface area contributed by atoms with E-state index in [0.717, 1.165) is 5.46 Å². The molecule has 0 bridgehead atoms. The van der Waals surface area contributed by atoms with Gasteiger partial charge in [0.1, 0.15) is 11.9 Å². The number of benzene rings is 3. The third-order valence-corrected chi connectivity index (χ3v) is 12.4. The lowest BCUT2D eigenvalue weighted by Gasteiger charge is -2.34. The molecule has 0 spiro atoms. The minimum Gasteiger partial charge on any atom is -0.399 e. The predicted molar refractivity (Wildman–Crippen MR) is 224 cm³/mol. The molecule has 1 atom stereocenters. The molecule has 0 aromatic heterocycles. The SMILES string of the molecule is CC(C)(C)NC(=O)C(c1ccc(F)c(B2OC(C)(C)C(C)(C)O2)c1)N(C(=O)c1cccc(B2OC(C)(C)C(C)(C)O2)c1)c1ccc(B2OC(C)(C)C(C)(C)O2)cc1. The molecule has 304 valence electrons. The molecule has 0 radical (unpaired) electrons. The van der Waals surface area contributed by atoms with Crippen LogP contribution in [0, 0.1) is 5.82 Å². The highest BCUT2D eigenvalue weighted by molar-refractivity contribution is 6.63. The summed E-state index contributed by atoms with van der Waals surface area (Å²) in [4.78, 5) is 31.4. The van der Waals surface area contributed by atoms with Crippen molar-refractivity contribution in [1.29, 1.82) is 0 Å². The first-order valence-corrected chi connectivity index (χ1v) is 19.8. The van der Waals surface area contributed by atoms with E-state index in [1.54, 1.807) is 36.4 Å². The van der Waals surface area contributed by atoms with Gasteiger partial charge in [0.05, 0.1) is 33.6 Å². The average Bonchev–Trinajstić information content (AvgIpc) is 3.55. The maximum Gasteiger partial charge on any atom is 0.497 e. The van der Waals surface area contributed by atoms with Crippen molar-refractivity contribution >= 4 is 55.2 Å². The van der Waals surface area contributed by atoms with E-state index in [2.05, 4.69) is 5.32 Å². The van der Waals surface area contributed by atoms with Gasteiger partial charge in [-0.05, 0) is 151 Å². The van der Waals surface area contributed by atoms with Crippen LogP contribution in [-0.4, -0.2) is 72.3 Å². The van der Waals surface area contributed by atoms with Crippen LogP contribution in [0.25, 0.3) is 0 Å². The van der Waals surface area contributed by atoms with Crippen LogP contribution in [-0.2, 0) is 32.7 Å². The lowest BCUT2D eigenvalue weighted by molar-refractivity contribution is -0.123. The molecule has 0 saturated carbocycles. The van der Waals surface area contributed by atoms with E-state index in [9.17, 15) is 4.79 Å². The van der Waals surface area contributed by atoms with Crippen molar-refractivity contribution in [3.05, 3.63) is 83.7 Å². The average molecular weight is 782 g/mol. The highest BCUT2D eigenvalue weighted by Gasteiger charge is 2.54. The molecule has 3 aliphatic rings. The normalized spacial score (nSPS) is 22.1. The van der Waals surface area contributed by atoms with E-state index in [0.29, 0.717) is 22.3 Å². The molecule has 14 heteroatoms. The summed E-state index contributed by atoms with van der Waals surface area (Å²) in [5.74, 6) is -1.52. The van der Waals surface area contributed by atoms with Crippen molar-refractivity contribution in [3.63, 3.8) is 0 Å². The molecule has 1 N–H and O–H groups in total. The Morgan fingerprint density at radius 1 is 0.614 bits per heavy atom. The van der Waals surface area contributed by atoms with E-state index < -0.39 is 84.2 Å². The number of hydrogen-bond donors (Lipinski definition) is 1. The first-order valence-electron chi connectivity index (χ1n) is 19.8. The molecule has 3 aromatic rings. The van der Waals surface area contributed by atoms with Crippen molar-refractivity contribution in [2.45, 2.75) is 149 Å². The Morgan fingerprint density at radius 3 is 1.54 bits per heavy atom. The van der Waals surface area contributed by atoms with E-state index in [4.69, 9.17) is 27.9 Å². The number of nitrogens with zero attached hydrogens (tertiary/aromatic N) is 1. The molecule has 2 amide bonds. The summed E-state index contributed by atoms with van der Waals surface area (Å²) in [6.07, 6.45) is 0. The number of carbonyl (C=O) groups excluding carboxylic acids is 2. The van der Waals surface area contributed by atoms with Gasteiger partial charge in [-0.3, -0.25) is 14.5 Å². The third-order valence-electron chi connectivity index (χ3n) is 12.4. The highest BCUT2D eigenvalue weighted by Crippen LogP contribution is 2.40. The van der Waals surface area contributed by atoms with Gasteiger partial charge in [-0.1, -0.05) is 36.4 Å². The van der Waals surface area contributed by atoms with E-state index in [1.165, 1.54) is 17.0 Å². The van der Waals surface area contributed by atoms with Crippen LogP contribution in [0.3, 0.4) is 0 Å². The van der Waals surface area contributed by atoms with Crippen LogP contribution in [0.4, 0.5) is 10.1 Å². The van der Waals surface area contributed by atoms with Crippen molar-refractivity contribution in [2.24, 2.45) is 0 Å². The molecule has 57 heavy (non-hydrogen) atoms. The molecule has 10 nitrogen and oxygen atoms in total. The number of carbonyl (C=O) groups is 2. The molecule has 6 rings (SSSR count). The maximum absolute atomic E-state index is 15.8. The van der Waals surface area contributed by atoms with Crippen molar-refractivity contribution in [3.8, 4) is 0 Å². The Labute approximate surface area is 339 Å². The number of nitrogens with one attached hydrogen (secondary N) is 1. The topological polar surface area (TPSA) is 105 Å². The fourth-order valence-corrected chi connectivity index (χ4v) is 6.83. The van der Waals surface area contributed by atoms with Crippen LogP contribution in [0.5, 0.6) is 0 Å². The minimum absolute atomic E-state index is 0.117. The molecule has 0 aliphatic carbocycles. The van der Waals surface area contributed by atoms with Gasteiger partial charge in [0.2, 0.25) is 5.91 Å². The summed E-state index contributed by atoms with van der Waals surface area (Å²) in [6.45, 7) is 29.0. The summed E-state index contributed by atoms with van der Waals surface area (Å²) in [7, 11) is -2.43. The van der Waals surface area contributed by atoms with Crippen LogP contribution in [0.2, 0.25) is 0 Å². The van der Waals surface area contributed by atoms with Crippen LogP contribution >= 0.6 is 0 Å². The molecule has 1 unspecified atom stereocenters. The van der Waals surface area contributed by atoms with Crippen LogP contribution in [0.1, 0.15) is 126 Å². The van der Waals surface area contributed by atoms with Crippen molar-refractivity contribution in [2.75, 3.05) is 4.90 Å². The summed E-state index contributed by atoms with van der Waals surface area (Å²) >= 11 is 0. The smallest absolute Gasteiger partial charge is 0.399 e. The Hall–Kier alpha value is -3.52. The van der Waals surface area contributed by atoms with Gasteiger partial charge < -0.3 is 33.2 Å². The molecule has 3 aliphatic heterocycles. The van der Waals surface area contributed by atoms with Gasteiger partial charge in [0, 0.05) is 22.3 Å². The van der Waals surface area contributed by atoms with Crippen molar-refractivity contribution in [1.82, 2.24) is 5.32 Å². The monoisotopic (exact) mass is 782 g/mol.